The van der Waals surface area contributed by atoms with Gasteiger partial charge in [0.15, 0.2) is 0 Å². The van der Waals surface area contributed by atoms with Crippen molar-refractivity contribution in [2.45, 2.75) is 129 Å². The van der Waals surface area contributed by atoms with E-state index < -0.39 is 0 Å². The molecule has 1 fully saturated rings. The van der Waals surface area contributed by atoms with Gasteiger partial charge >= 0.3 is 0 Å². The summed E-state index contributed by atoms with van der Waals surface area (Å²) in [6.07, 6.45) is 8.33. The average Bonchev–Trinajstić information content (AvgIpc) is 2.42. The molecule has 0 aromatic rings. The Bertz CT molecular complexity index is 317. The van der Waals surface area contributed by atoms with Gasteiger partial charge < -0.3 is 0 Å². The zero-order valence-electron chi connectivity index (χ0n) is 20.5. The second-order valence-corrected chi connectivity index (χ2v) is 11.5. The SMILES string of the molecule is CC.CC(C)CCC(C)(C)CC(C)C.CC1CCC(C)(C)CC1(C)C. The van der Waals surface area contributed by atoms with Crippen molar-refractivity contribution in [1.82, 2.24) is 0 Å². The summed E-state index contributed by atoms with van der Waals surface area (Å²) in [4.78, 5) is 0. The fraction of sp³-hybridized carbons (Fsp3) is 1.00. The predicted octanol–water partition coefficient (Wildman–Crippen LogP) is 9.38. The zero-order valence-corrected chi connectivity index (χ0v) is 20.5. The van der Waals surface area contributed by atoms with Crippen molar-refractivity contribution >= 4 is 0 Å². The Morgan fingerprint density at radius 3 is 1.72 bits per heavy atom. The van der Waals surface area contributed by atoms with Gasteiger partial charge in [0.05, 0.1) is 0 Å². The molecule has 0 nitrogen and oxygen atoms in total. The van der Waals surface area contributed by atoms with E-state index in [1.165, 1.54) is 38.5 Å². The highest BCUT2D eigenvalue weighted by Crippen LogP contribution is 2.48. The number of hydrogen-bond acceptors (Lipinski definition) is 0. The Morgan fingerprint density at radius 2 is 1.40 bits per heavy atom. The number of rotatable bonds is 5. The van der Waals surface area contributed by atoms with Crippen LogP contribution in [0.4, 0.5) is 0 Å². The Morgan fingerprint density at radius 1 is 0.920 bits per heavy atom. The molecular formula is C25H54. The molecule has 1 saturated carbocycles. The highest BCUT2D eigenvalue weighted by Gasteiger charge is 2.37. The lowest BCUT2D eigenvalue weighted by Gasteiger charge is -2.45. The summed E-state index contributed by atoms with van der Waals surface area (Å²) in [5, 5.41) is 0. The summed E-state index contributed by atoms with van der Waals surface area (Å²) in [5.41, 5.74) is 1.72. The molecule has 1 rings (SSSR count). The van der Waals surface area contributed by atoms with Crippen LogP contribution in [0.25, 0.3) is 0 Å². The summed E-state index contributed by atoms with van der Waals surface area (Å²) in [6, 6.07) is 0. The minimum atomic E-state index is 0.554. The van der Waals surface area contributed by atoms with Crippen molar-refractivity contribution in [3.63, 3.8) is 0 Å². The molecule has 0 saturated heterocycles. The molecule has 0 heterocycles. The van der Waals surface area contributed by atoms with Crippen LogP contribution in [-0.4, -0.2) is 0 Å². The fourth-order valence-corrected chi connectivity index (χ4v) is 4.38. The van der Waals surface area contributed by atoms with Crippen molar-refractivity contribution < 1.29 is 0 Å². The summed E-state index contributed by atoms with van der Waals surface area (Å²) >= 11 is 0. The lowest BCUT2D eigenvalue weighted by molar-refractivity contribution is 0.0591. The first-order valence-electron chi connectivity index (χ1n) is 11.2. The first-order valence-corrected chi connectivity index (χ1v) is 11.2. The molecule has 25 heavy (non-hydrogen) atoms. The van der Waals surface area contributed by atoms with E-state index in [2.05, 4.69) is 76.2 Å². The largest absolute Gasteiger partial charge is 0.0683 e. The standard InChI is InChI=1S/C12H26.C11H22.C2H6/c1-10(2)7-8-12(5,6)9-11(3)4;1-9-6-7-10(2,3)8-11(9,4)5;1-2/h10-11H,7-9H2,1-6H3;9H,6-8H2,1-5H3;1-2H3. The van der Waals surface area contributed by atoms with Crippen molar-refractivity contribution in [3.05, 3.63) is 0 Å². The van der Waals surface area contributed by atoms with Crippen LogP contribution in [0.15, 0.2) is 0 Å². The van der Waals surface area contributed by atoms with E-state index in [0.717, 1.165) is 17.8 Å². The minimum absolute atomic E-state index is 0.554. The van der Waals surface area contributed by atoms with Crippen LogP contribution in [-0.2, 0) is 0 Å². The first-order chi connectivity index (χ1) is 11.2. The van der Waals surface area contributed by atoms with Gasteiger partial charge in [-0.3, -0.25) is 0 Å². The van der Waals surface area contributed by atoms with Crippen LogP contribution in [0, 0.1) is 34.0 Å². The van der Waals surface area contributed by atoms with Crippen LogP contribution >= 0.6 is 0 Å². The molecule has 0 amide bonds. The molecule has 0 radical (unpaired) electrons. The Kier molecular flexibility index (Phi) is 12.7. The first kappa shape index (κ1) is 27.2. The van der Waals surface area contributed by atoms with Gasteiger partial charge in [-0.25, -0.2) is 0 Å². The van der Waals surface area contributed by atoms with Gasteiger partial charge in [-0.15, -0.1) is 0 Å². The van der Waals surface area contributed by atoms with Crippen LogP contribution in [0.5, 0.6) is 0 Å². The van der Waals surface area contributed by atoms with Gasteiger partial charge in [0.2, 0.25) is 0 Å². The second-order valence-electron chi connectivity index (χ2n) is 11.5. The predicted molar refractivity (Wildman–Crippen MR) is 119 cm³/mol. The van der Waals surface area contributed by atoms with Gasteiger partial charge in [-0.1, -0.05) is 96.4 Å². The van der Waals surface area contributed by atoms with Crippen LogP contribution in [0.3, 0.4) is 0 Å². The molecule has 1 unspecified atom stereocenters. The van der Waals surface area contributed by atoms with E-state index in [0.29, 0.717) is 16.2 Å². The highest BCUT2D eigenvalue weighted by molar-refractivity contribution is 4.88. The summed E-state index contributed by atoms with van der Waals surface area (Å²) in [7, 11) is 0. The van der Waals surface area contributed by atoms with Gasteiger partial charge in [0.25, 0.3) is 0 Å². The van der Waals surface area contributed by atoms with Crippen molar-refractivity contribution in [2.24, 2.45) is 34.0 Å². The summed E-state index contributed by atoms with van der Waals surface area (Å²) < 4.78 is 0. The van der Waals surface area contributed by atoms with E-state index in [4.69, 9.17) is 0 Å². The molecule has 0 spiro atoms. The van der Waals surface area contributed by atoms with Crippen LogP contribution < -0.4 is 0 Å². The normalized spacial score (nSPS) is 22.0. The maximum atomic E-state index is 2.42. The van der Waals surface area contributed by atoms with E-state index in [1.54, 1.807) is 0 Å². The fourth-order valence-electron chi connectivity index (χ4n) is 4.38. The quantitative estimate of drug-likeness (QED) is 0.461. The van der Waals surface area contributed by atoms with Crippen molar-refractivity contribution in [1.29, 1.82) is 0 Å². The molecular weight excluding hydrogens is 300 g/mol. The maximum absolute atomic E-state index is 2.42. The van der Waals surface area contributed by atoms with Crippen molar-refractivity contribution in [2.75, 3.05) is 0 Å². The molecule has 1 atom stereocenters. The maximum Gasteiger partial charge on any atom is -0.0323 e. The molecule has 1 aliphatic rings. The minimum Gasteiger partial charge on any atom is -0.0683 e. The molecule has 0 aromatic heterocycles. The topological polar surface area (TPSA) is 0 Å². The number of hydrogen-bond donors (Lipinski definition) is 0. The lowest BCUT2D eigenvalue weighted by atomic mass is 9.61. The van der Waals surface area contributed by atoms with E-state index in [-0.39, 0.29) is 0 Å². The third kappa shape index (κ3) is 13.8. The zero-order chi connectivity index (χ0) is 20.5. The second kappa shape index (κ2) is 11.7. The van der Waals surface area contributed by atoms with Gasteiger partial charge in [0, 0.05) is 0 Å². The highest BCUT2D eigenvalue weighted by atomic mass is 14.4. The monoisotopic (exact) mass is 354 g/mol. The van der Waals surface area contributed by atoms with Gasteiger partial charge in [0.1, 0.15) is 0 Å². The van der Waals surface area contributed by atoms with Gasteiger partial charge in [-0.05, 0) is 66.1 Å². The van der Waals surface area contributed by atoms with Gasteiger partial charge in [-0.2, -0.15) is 0 Å². The lowest BCUT2D eigenvalue weighted by Crippen LogP contribution is -2.34. The summed E-state index contributed by atoms with van der Waals surface area (Å²) in [5.74, 6) is 2.61. The third-order valence-electron chi connectivity index (χ3n) is 5.88. The van der Waals surface area contributed by atoms with Crippen molar-refractivity contribution in [3.8, 4) is 0 Å². The van der Waals surface area contributed by atoms with E-state index >= 15 is 0 Å². The summed E-state index contributed by atoms with van der Waals surface area (Å²) in [6.45, 7) is 30.1. The third-order valence-corrected chi connectivity index (χ3v) is 5.88. The molecule has 0 aliphatic heterocycles. The molecule has 154 valence electrons. The molecule has 0 N–H and O–H groups in total. The van der Waals surface area contributed by atoms with Crippen LogP contribution in [0.1, 0.15) is 129 Å². The molecule has 0 bridgehead atoms. The smallest absolute Gasteiger partial charge is 0.0323 e. The Labute approximate surface area is 163 Å². The average molecular weight is 355 g/mol. The Hall–Kier alpha value is 0. The van der Waals surface area contributed by atoms with E-state index in [9.17, 15) is 0 Å². The molecule has 1 aliphatic carbocycles. The van der Waals surface area contributed by atoms with Crippen LogP contribution in [0.2, 0.25) is 0 Å². The van der Waals surface area contributed by atoms with E-state index in [1.807, 2.05) is 13.8 Å². The Balaban J connectivity index is 0. The molecule has 0 heteroatoms. The molecule has 0 aromatic carbocycles.